The maximum absolute atomic E-state index is 12.5. The second-order valence-corrected chi connectivity index (χ2v) is 7.94. The van der Waals surface area contributed by atoms with Crippen LogP contribution in [-0.2, 0) is 11.2 Å². The van der Waals surface area contributed by atoms with Crippen LogP contribution >= 0.6 is 11.3 Å². The number of rotatable bonds is 5. The summed E-state index contributed by atoms with van der Waals surface area (Å²) in [6.07, 6.45) is 2.98. The Morgan fingerprint density at radius 2 is 2.07 bits per heavy atom. The van der Waals surface area contributed by atoms with E-state index < -0.39 is 0 Å². The van der Waals surface area contributed by atoms with Gasteiger partial charge in [0, 0.05) is 37.9 Å². The van der Waals surface area contributed by atoms with Gasteiger partial charge in [0.25, 0.3) is 5.19 Å². The van der Waals surface area contributed by atoms with Gasteiger partial charge in [-0.3, -0.25) is 4.79 Å². The molecular formula is C20H23N3O3S. The minimum atomic E-state index is 0.122. The van der Waals surface area contributed by atoms with Gasteiger partial charge in [0.1, 0.15) is 11.9 Å². The number of amides is 1. The molecule has 6 nitrogen and oxygen atoms in total. The van der Waals surface area contributed by atoms with Crippen molar-refractivity contribution in [3.05, 3.63) is 41.3 Å². The lowest BCUT2D eigenvalue weighted by atomic mass is 10.0. The summed E-state index contributed by atoms with van der Waals surface area (Å²) in [5, 5.41) is 4.67. The Hall–Kier alpha value is -2.41. The highest BCUT2D eigenvalue weighted by Crippen LogP contribution is 2.29. The Labute approximate surface area is 162 Å². The third kappa shape index (κ3) is 3.98. The Morgan fingerprint density at radius 1 is 1.30 bits per heavy atom. The summed E-state index contributed by atoms with van der Waals surface area (Å²) in [4.78, 5) is 19.0. The Bertz CT molecular complexity index is 889. The van der Waals surface area contributed by atoms with E-state index in [1.165, 1.54) is 0 Å². The van der Waals surface area contributed by atoms with Crippen molar-refractivity contribution in [2.24, 2.45) is 0 Å². The average molecular weight is 385 g/mol. The number of aryl methyl sites for hydroxylation is 2. The molecule has 0 bridgehead atoms. The van der Waals surface area contributed by atoms with E-state index >= 15 is 0 Å². The van der Waals surface area contributed by atoms with Crippen LogP contribution in [-0.4, -0.2) is 40.1 Å². The van der Waals surface area contributed by atoms with Crippen molar-refractivity contribution < 1.29 is 14.1 Å². The fourth-order valence-corrected chi connectivity index (χ4v) is 4.40. The Balaban J connectivity index is 1.27. The molecule has 0 radical (unpaired) electrons. The van der Waals surface area contributed by atoms with Crippen LogP contribution in [0.5, 0.6) is 5.19 Å². The molecule has 3 heterocycles. The summed E-state index contributed by atoms with van der Waals surface area (Å²) >= 11 is 1.58. The average Bonchev–Trinajstić information content (AvgIpc) is 3.23. The second kappa shape index (κ2) is 7.68. The van der Waals surface area contributed by atoms with Crippen LogP contribution in [0.25, 0.3) is 10.2 Å². The molecule has 1 fully saturated rings. The molecule has 0 saturated carbocycles. The molecule has 1 aliphatic heterocycles. The van der Waals surface area contributed by atoms with Gasteiger partial charge < -0.3 is 14.2 Å². The van der Waals surface area contributed by atoms with Crippen LogP contribution in [0.3, 0.4) is 0 Å². The normalized spacial score (nSPS) is 15.4. The molecule has 0 aliphatic carbocycles. The summed E-state index contributed by atoms with van der Waals surface area (Å²) in [5.74, 6) is 0.997. The van der Waals surface area contributed by atoms with E-state index in [0.29, 0.717) is 12.8 Å². The van der Waals surface area contributed by atoms with Crippen molar-refractivity contribution in [1.82, 2.24) is 15.0 Å². The molecular weight excluding hydrogens is 362 g/mol. The summed E-state index contributed by atoms with van der Waals surface area (Å²) in [6.45, 7) is 5.28. The summed E-state index contributed by atoms with van der Waals surface area (Å²) in [7, 11) is 0. The number of carbonyl (C=O) groups is 1. The Morgan fingerprint density at radius 3 is 2.78 bits per heavy atom. The van der Waals surface area contributed by atoms with Crippen LogP contribution in [0.1, 0.15) is 36.3 Å². The van der Waals surface area contributed by atoms with E-state index in [1.54, 1.807) is 11.3 Å². The Kier molecular flexibility index (Phi) is 5.11. The van der Waals surface area contributed by atoms with Crippen LogP contribution in [0.2, 0.25) is 0 Å². The first-order valence-electron chi connectivity index (χ1n) is 9.32. The van der Waals surface area contributed by atoms with Crippen molar-refractivity contribution in [3.63, 3.8) is 0 Å². The van der Waals surface area contributed by atoms with Gasteiger partial charge in [-0.05, 0) is 32.4 Å². The lowest BCUT2D eigenvalue weighted by Crippen LogP contribution is -2.41. The number of para-hydroxylation sites is 1. The molecule has 0 unspecified atom stereocenters. The number of piperidine rings is 1. The minimum absolute atomic E-state index is 0.122. The van der Waals surface area contributed by atoms with Gasteiger partial charge in [-0.25, -0.2) is 4.98 Å². The van der Waals surface area contributed by atoms with Crippen LogP contribution < -0.4 is 4.74 Å². The highest BCUT2D eigenvalue weighted by Gasteiger charge is 2.25. The van der Waals surface area contributed by atoms with Crippen molar-refractivity contribution in [1.29, 1.82) is 0 Å². The highest BCUT2D eigenvalue weighted by molar-refractivity contribution is 7.20. The predicted molar refractivity (Wildman–Crippen MR) is 104 cm³/mol. The fourth-order valence-electron chi connectivity index (χ4n) is 3.52. The standard InChI is InChI=1S/C20H23N3O3S/c1-13-16(14(2)26-22-13)7-8-19(24)23-11-9-15(10-12-23)25-20-21-17-5-3-4-6-18(17)27-20/h3-6,15H,7-12H2,1-2H3. The maximum atomic E-state index is 12.5. The molecule has 2 aromatic heterocycles. The summed E-state index contributed by atoms with van der Waals surface area (Å²) in [6, 6.07) is 8.05. The number of ether oxygens (including phenoxy) is 1. The quantitative estimate of drug-likeness (QED) is 0.666. The van der Waals surface area contributed by atoms with Gasteiger partial charge >= 0.3 is 0 Å². The topological polar surface area (TPSA) is 68.5 Å². The molecule has 4 rings (SSSR count). The third-order valence-electron chi connectivity index (χ3n) is 5.11. The van der Waals surface area contributed by atoms with Crippen molar-refractivity contribution in [2.45, 2.75) is 45.6 Å². The van der Waals surface area contributed by atoms with Gasteiger partial charge in [0.15, 0.2) is 0 Å². The van der Waals surface area contributed by atoms with Crippen LogP contribution in [0, 0.1) is 13.8 Å². The molecule has 0 spiro atoms. The fraction of sp³-hybridized carbons (Fsp3) is 0.450. The molecule has 0 atom stereocenters. The van der Waals surface area contributed by atoms with Crippen molar-refractivity contribution in [3.8, 4) is 5.19 Å². The SMILES string of the molecule is Cc1noc(C)c1CCC(=O)N1CCC(Oc2nc3ccccc3s2)CC1. The van der Waals surface area contributed by atoms with Gasteiger partial charge in [-0.2, -0.15) is 0 Å². The van der Waals surface area contributed by atoms with Gasteiger partial charge in [0.2, 0.25) is 5.91 Å². The van der Waals surface area contributed by atoms with E-state index in [1.807, 2.05) is 36.9 Å². The number of nitrogens with zero attached hydrogens (tertiary/aromatic N) is 3. The lowest BCUT2D eigenvalue weighted by Gasteiger charge is -2.31. The predicted octanol–water partition coefficient (Wildman–Crippen LogP) is 3.90. The molecule has 27 heavy (non-hydrogen) atoms. The number of aromatic nitrogens is 2. The first-order valence-corrected chi connectivity index (χ1v) is 10.1. The zero-order valence-corrected chi connectivity index (χ0v) is 16.4. The first kappa shape index (κ1) is 18.0. The number of hydrogen-bond donors (Lipinski definition) is 0. The number of fused-ring (bicyclic) bond motifs is 1. The first-order chi connectivity index (χ1) is 13.1. The van der Waals surface area contributed by atoms with E-state index in [0.717, 1.165) is 58.4 Å². The number of carbonyl (C=O) groups excluding carboxylic acids is 1. The zero-order chi connectivity index (χ0) is 18.8. The molecule has 3 aromatic rings. The molecule has 1 amide bonds. The second-order valence-electron chi connectivity index (χ2n) is 6.95. The van der Waals surface area contributed by atoms with Crippen molar-refractivity contribution >= 4 is 27.5 Å². The smallest absolute Gasteiger partial charge is 0.274 e. The number of hydrogen-bond acceptors (Lipinski definition) is 6. The summed E-state index contributed by atoms with van der Waals surface area (Å²) in [5.41, 5.74) is 2.91. The molecule has 1 aromatic carbocycles. The largest absolute Gasteiger partial charge is 0.467 e. The monoisotopic (exact) mass is 385 g/mol. The molecule has 7 heteroatoms. The third-order valence-corrected chi connectivity index (χ3v) is 6.03. The van der Waals surface area contributed by atoms with E-state index in [9.17, 15) is 4.79 Å². The van der Waals surface area contributed by atoms with Crippen molar-refractivity contribution in [2.75, 3.05) is 13.1 Å². The van der Waals surface area contributed by atoms with Gasteiger partial charge in [-0.1, -0.05) is 28.6 Å². The molecule has 0 N–H and O–H groups in total. The lowest BCUT2D eigenvalue weighted by molar-refractivity contribution is -0.132. The maximum Gasteiger partial charge on any atom is 0.274 e. The van der Waals surface area contributed by atoms with Gasteiger partial charge in [-0.15, -0.1) is 0 Å². The van der Waals surface area contributed by atoms with Gasteiger partial charge in [0.05, 0.1) is 15.9 Å². The number of benzene rings is 1. The summed E-state index contributed by atoms with van der Waals surface area (Å²) < 4.78 is 12.4. The van der Waals surface area contributed by atoms with E-state index in [2.05, 4.69) is 16.2 Å². The molecule has 1 aliphatic rings. The van der Waals surface area contributed by atoms with E-state index in [-0.39, 0.29) is 12.0 Å². The van der Waals surface area contributed by atoms with Crippen LogP contribution in [0.15, 0.2) is 28.8 Å². The highest BCUT2D eigenvalue weighted by atomic mass is 32.1. The minimum Gasteiger partial charge on any atom is -0.467 e. The van der Waals surface area contributed by atoms with E-state index in [4.69, 9.17) is 9.26 Å². The molecule has 142 valence electrons. The number of likely N-dealkylation sites (tertiary alicyclic amines) is 1. The zero-order valence-electron chi connectivity index (χ0n) is 15.6. The molecule has 1 saturated heterocycles. The van der Waals surface area contributed by atoms with Crippen LogP contribution in [0.4, 0.5) is 0 Å². The number of thiazole rings is 1.